The van der Waals surface area contributed by atoms with Crippen LogP contribution < -0.4 is 10.2 Å². The third kappa shape index (κ3) is 4.47. The van der Waals surface area contributed by atoms with Gasteiger partial charge in [-0.3, -0.25) is 9.69 Å². The Labute approximate surface area is 132 Å². The smallest absolute Gasteiger partial charge is 0.234 e. The number of anilines is 1. The molecule has 2 rings (SSSR count). The van der Waals surface area contributed by atoms with Crippen molar-refractivity contribution < 1.29 is 4.79 Å². The predicted molar refractivity (Wildman–Crippen MR) is 87.7 cm³/mol. The minimum atomic E-state index is 0.112. The summed E-state index contributed by atoms with van der Waals surface area (Å²) in [6.07, 6.45) is 0.957. The molecule has 5 heteroatoms. The number of piperazine rings is 1. The maximum absolute atomic E-state index is 11.9. The van der Waals surface area contributed by atoms with Crippen molar-refractivity contribution in [2.45, 2.75) is 26.3 Å². The summed E-state index contributed by atoms with van der Waals surface area (Å²) in [6.45, 7) is 8.15. The topological polar surface area (TPSA) is 59.4 Å². The number of nitrogens with one attached hydrogen (secondary N) is 1. The van der Waals surface area contributed by atoms with E-state index in [1.807, 2.05) is 31.2 Å². The van der Waals surface area contributed by atoms with Gasteiger partial charge in [-0.25, -0.2) is 0 Å². The van der Waals surface area contributed by atoms with Gasteiger partial charge < -0.3 is 10.2 Å². The van der Waals surface area contributed by atoms with Crippen molar-refractivity contribution in [1.29, 1.82) is 5.26 Å². The molecule has 1 atom stereocenters. The highest BCUT2D eigenvalue weighted by atomic mass is 16.2. The van der Waals surface area contributed by atoms with Gasteiger partial charge in [0.1, 0.15) is 0 Å². The average molecular weight is 300 g/mol. The molecule has 5 nitrogen and oxygen atoms in total. The molecule has 1 saturated heterocycles. The van der Waals surface area contributed by atoms with Gasteiger partial charge in [-0.05, 0) is 37.6 Å². The molecule has 1 fully saturated rings. The third-order valence-electron chi connectivity index (χ3n) is 4.12. The molecule has 1 aromatic carbocycles. The van der Waals surface area contributed by atoms with E-state index in [0.717, 1.165) is 38.3 Å². The van der Waals surface area contributed by atoms with Crippen molar-refractivity contribution in [2.75, 3.05) is 37.6 Å². The van der Waals surface area contributed by atoms with E-state index in [9.17, 15) is 4.79 Å². The first kappa shape index (κ1) is 16.3. The lowest BCUT2D eigenvalue weighted by atomic mass is 10.2. The summed E-state index contributed by atoms with van der Waals surface area (Å²) in [4.78, 5) is 16.4. The van der Waals surface area contributed by atoms with Crippen molar-refractivity contribution in [3.05, 3.63) is 29.8 Å². The van der Waals surface area contributed by atoms with Gasteiger partial charge >= 0.3 is 0 Å². The molecule has 0 spiro atoms. The van der Waals surface area contributed by atoms with Crippen molar-refractivity contribution in [3.63, 3.8) is 0 Å². The lowest BCUT2D eigenvalue weighted by Crippen LogP contribution is -2.50. The molecule has 0 aromatic heterocycles. The van der Waals surface area contributed by atoms with E-state index in [1.54, 1.807) is 0 Å². The highest BCUT2D eigenvalue weighted by Crippen LogP contribution is 2.17. The zero-order chi connectivity index (χ0) is 15.9. The number of hydrogen-bond donors (Lipinski definition) is 1. The number of carbonyl (C=O) groups excluding carboxylic acids is 1. The summed E-state index contributed by atoms with van der Waals surface area (Å²) in [7, 11) is 0. The fraction of sp³-hybridized carbons (Fsp3) is 0.529. The highest BCUT2D eigenvalue weighted by Gasteiger charge is 2.19. The standard InChI is InChI=1S/C17H24N4O/c1-3-14(2)19-17(22)13-20-8-10-21(11-9-20)16-6-4-15(12-18)5-7-16/h4-7,14H,3,8-11,13H2,1-2H3,(H,19,22)/t14-/m1/s1. The number of carbonyl (C=O) groups is 1. The second kappa shape index (κ2) is 7.81. The Morgan fingerprint density at radius 1 is 1.27 bits per heavy atom. The van der Waals surface area contributed by atoms with Gasteiger partial charge in [0.05, 0.1) is 18.2 Å². The summed E-state index contributed by atoms with van der Waals surface area (Å²) >= 11 is 0. The first-order valence-corrected chi connectivity index (χ1v) is 7.89. The van der Waals surface area contributed by atoms with Crippen LogP contribution in [0.2, 0.25) is 0 Å². The SMILES string of the molecule is CC[C@@H](C)NC(=O)CN1CCN(c2ccc(C#N)cc2)CC1. The van der Waals surface area contributed by atoms with Crippen LogP contribution in [-0.2, 0) is 4.79 Å². The van der Waals surface area contributed by atoms with Crippen LogP contribution in [0, 0.1) is 11.3 Å². The molecule has 0 unspecified atom stereocenters. The molecular formula is C17H24N4O. The van der Waals surface area contributed by atoms with E-state index >= 15 is 0 Å². The maximum atomic E-state index is 11.9. The number of benzene rings is 1. The summed E-state index contributed by atoms with van der Waals surface area (Å²) in [5.74, 6) is 0.112. The van der Waals surface area contributed by atoms with E-state index in [-0.39, 0.29) is 11.9 Å². The lowest BCUT2D eigenvalue weighted by Gasteiger charge is -2.35. The summed E-state index contributed by atoms with van der Waals surface area (Å²) in [5, 5.41) is 11.8. The first-order valence-electron chi connectivity index (χ1n) is 7.89. The Morgan fingerprint density at radius 2 is 1.91 bits per heavy atom. The van der Waals surface area contributed by atoms with Crippen LogP contribution >= 0.6 is 0 Å². The van der Waals surface area contributed by atoms with Crippen LogP contribution in [0.1, 0.15) is 25.8 Å². The number of rotatable bonds is 5. The van der Waals surface area contributed by atoms with E-state index in [0.29, 0.717) is 12.1 Å². The van der Waals surface area contributed by atoms with Crippen LogP contribution in [0.5, 0.6) is 0 Å². The molecule has 1 N–H and O–H groups in total. The molecule has 0 aliphatic carbocycles. The minimum absolute atomic E-state index is 0.112. The van der Waals surface area contributed by atoms with Crippen molar-refractivity contribution in [1.82, 2.24) is 10.2 Å². The molecule has 1 aliphatic heterocycles. The van der Waals surface area contributed by atoms with Gasteiger partial charge in [-0.1, -0.05) is 6.92 Å². The molecule has 1 aromatic rings. The predicted octanol–water partition coefficient (Wildman–Crippen LogP) is 1.59. The Balaban J connectivity index is 1.80. The molecular weight excluding hydrogens is 276 g/mol. The van der Waals surface area contributed by atoms with Crippen LogP contribution in [0.15, 0.2) is 24.3 Å². The number of nitriles is 1. The Morgan fingerprint density at radius 3 is 2.45 bits per heavy atom. The van der Waals surface area contributed by atoms with Crippen LogP contribution in [0.25, 0.3) is 0 Å². The van der Waals surface area contributed by atoms with Crippen molar-refractivity contribution in [3.8, 4) is 6.07 Å². The highest BCUT2D eigenvalue weighted by molar-refractivity contribution is 5.78. The monoisotopic (exact) mass is 300 g/mol. The van der Waals surface area contributed by atoms with Crippen molar-refractivity contribution >= 4 is 11.6 Å². The van der Waals surface area contributed by atoms with E-state index in [2.05, 4.69) is 28.1 Å². The first-order chi connectivity index (χ1) is 10.6. The summed E-state index contributed by atoms with van der Waals surface area (Å²) in [5.41, 5.74) is 1.83. The zero-order valence-corrected chi connectivity index (χ0v) is 13.4. The van der Waals surface area contributed by atoms with Gasteiger partial charge in [0.2, 0.25) is 5.91 Å². The second-order valence-electron chi connectivity index (χ2n) is 5.80. The minimum Gasteiger partial charge on any atom is -0.369 e. The quantitative estimate of drug-likeness (QED) is 0.897. The zero-order valence-electron chi connectivity index (χ0n) is 13.4. The van der Waals surface area contributed by atoms with Gasteiger partial charge in [-0.2, -0.15) is 5.26 Å². The van der Waals surface area contributed by atoms with E-state index < -0.39 is 0 Å². The van der Waals surface area contributed by atoms with Gasteiger partial charge in [0.25, 0.3) is 0 Å². The fourth-order valence-electron chi connectivity index (χ4n) is 2.54. The number of nitrogens with zero attached hydrogens (tertiary/aromatic N) is 3. The molecule has 0 radical (unpaired) electrons. The molecule has 0 bridgehead atoms. The normalized spacial score (nSPS) is 16.9. The largest absolute Gasteiger partial charge is 0.369 e. The summed E-state index contributed by atoms with van der Waals surface area (Å²) in [6, 6.07) is 10.1. The fourth-order valence-corrected chi connectivity index (χ4v) is 2.54. The Bertz CT molecular complexity index is 527. The Kier molecular flexibility index (Phi) is 5.79. The number of hydrogen-bond acceptors (Lipinski definition) is 4. The van der Waals surface area contributed by atoms with Gasteiger partial charge in [-0.15, -0.1) is 0 Å². The molecule has 22 heavy (non-hydrogen) atoms. The molecule has 118 valence electrons. The van der Waals surface area contributed by atoms with Crippen LogP contribution in [-0.4, -0.2) is 49.6 Å². The lowest BCUT2D eigenvalue weighted by molar-refractivity contribution is -0.122. The van der Waals surface area contributed by atoms with Crippen LogP contribution in [0.4, 0.5) is 5.69 Å². The van der Waals surface area contributed by atoms with Gasteiger partial charge in [0.15, 0.2) is 0 Å². The molecule has 1 heterocycles. The summed E-state index contributed by atoms with van der Waals surface area (Å²) < 4.78 is 0. The second-order valence-corrected chi connectivity index (χ2v) is 5.80. The molecule has 1 aliphatic rings. The van der Waals surface area contributed by atoms with E-state index in [1.165, 1.54) is 0 Å². The van der Waals surface area contributed by atoms with E-state index in [4.69, 9.17) is 5.26 Å². The van der Waals surface area contributed by atoms with Crippen LogP contribution in [0.3, 0.4) is 0 Å². The molecule has 1 amide bonds. The molecule has 0 saturated carbocycles. The maximum Gasteiger partial charge on any atom is 0.234 e. The number of amides is 1. The van der Waals surface area contributed by atoms with Gasteiger partial charge in [0, 0.05) is 37.9 Å². The van der Waals surface area contributed by atoms with Crippen molar-refractivity contribution in [2.24, 2.45) is 0 Å². The Hall–Kier alpha value is -2.06. The third-order valence-corrected chi connectivity index (χ3v) is 4.12. The average Bonchev–Trinajstić information content (AvgIpc) is 2.55.